The number of rotatable bonds is 5. The zero-order valence-corrected chi connectivity index (χ0v) is 12.7. The third-order valence-corrected chi connectivity index (χ3v) is 4.15. The molecule has 0 radical (unpaired) electrons. The molecule has 0 aromatic heterocycles. The van der Waals surface area contributed by atoms with E-state index in [1.807, 2.05) is 12.1 Å². The monoisotopic (exact) mass is 281 g/mol. The molecule has 2 nitrogen and oxygen atoms in total. The molecular weight excluding hydrogens is 258 g/mol. The van der Waals surface area contributed by atoms with Crippen LogP contribution in [0.5, 0.6) is 5.75 Å². The van der Waals surface area contributed by atoms with Crippen molar-refractivity contribution < 1.29 is 4.74 Å². The van der Waals surface area contributed by atoms with Crippen LogP contribution in [0.25, 0.3) is 0 Å². The van der Waals surface area contributed by atoms with Crippen molar-refractivity contribution in [2.24, 2.45) is 5.92 Å². The van der Waals surface area contributed by atoms with Gasteiger partial charge < -0.3 is 10.1 Å². The summed E-state index contributed by atoms with van der Waals surface area (Å²) in [5, 5.41) is 4.31. The summed E-state index contributed by atoms with van der Waals surface area (Å²) in [5.74, 6) is 1.52. The summed E-state index contributed by atoms with van der Waals surface area (Å²) in [6.45, 7) is 5.14. The lowest BCUT2D eigenvalue weighted by atomic mass is 9.86. The molecule has 2 rings (SSSR count). The van der Waals surface area contributed by atoms with E-state index in [1.165, 1.54) is 25.7 Å². The number of ether oxygens (including phenoxy) is 1. The summed E-state index contributed by atoms with van der Waals surface area (Å²) < 4.78 is 5.59. The van der Waals surface area contributed by atoms with E-state index >= 15 is 0 Å². The molecule has 106 valence electrons. The summed E-state index contributed by atoms with van der Waals surface area (Å²) >= 11 is 6.25. The SMILES string of the molecule is CCCOc1ccc(NC2CCCCC2C)cc1Cl. The Morgan fingerprint density at radius 3 is 2.79 bits per heavy atom. The van der Waals surface area contributed by atoms with Crippen LogP contribution in [0, 0.1) is 5.92 Å². The van der Waals surface area contributed by atoms with Gasteiger partial charge in [-0.05, 0) is 43.4 Å². The molecule has 1 fully saturated rings. The van der Waals surface area contributed by atoms with Gasteiger partial charge in [-0.2, -0.15) is 0 Å². The van der Waals surface area contributed by atoms with Gasteiger partial charge in [0.25, 0.3) is 0 Å². The maximum Gasteiger partial charge on any atom is 0.138 e. The van der Waals surface area contributed by atoms with E-state index in [9.17, 15) is 0 Å². The second kappa shape index (κ2) is 7.04. The highest BCUT2D eigenvalue weighted by atomic mass is 35.5. The van der Waals surface area contributed by atoms with E-state index in [2.05, 4.69) is 25.2 Å². The molecule has 1 N–H and O–H groups in total. The number of nitrogens with one attached hydrogen (secondary N) is 1. The molecule has 3 heteroatoms. The summed E-state index contributed by atoms with van der Waals surface area (Å²) in [4.78, 5) is 0. The van der Waals surface area contributed by atoms with E-state index < -0.39 is 0 Å². The van der Waals surface area contributed by atoms with Gasteiger partial charge in [0.2, 0.25) is 0 Å². The molecule has 0 saturated heterocycles. The number of anilines is 1. The molecule has 2 atom stereocenters. The first kappa shape index (κ1) is 14.5. The van der Waals surface area contributed by atoms with Crippen molar-refractivity contribution in [3.63, 3.8) is 0 Å². The Labute approximate surface area is 121 Å². The lowest BCUT2D eigenvalue weighted by Gasteiger charge is -2.30. The fourth-order valence-electron chi connectivity index (χ4n) is 2.66. The molecule has 0 spiro atoms. The molecule has 1 aromatic rings. The first-order chi connectivity index (χ1) is 9.20. The number of hydrogen-bond acceptors (Lipinski definition) is 2. The van der Waals surface area contributed by atoms with E-state index in [-0.39, 0.29) is 0 Å². The molecule has 0 bridgehead atoms. The molecule has 1 aliphatic carbocycles. The van der Waals surface area contributed by atoms with Crippen LogP contribution in [-0.4, -0.2) is 12.6 Å². The van der Waals surface area contributed by atoms with Crippen molar-refractivity contribution in [2.45, 2.75) is 52.0 Å². The maximum atomic E-state index is 6.25. The van der Waals surface area contributed by atoms with Gasteiger partial charge in [0.05, 0.1) is 11.6 Å². The highest BCUT2D eigenvalue weighted by Crippen LogP contribution is 2.31. The fourth-order valence-corrected chi connectivity index (χ4v) is 2.90. The highest BCUT2D eigenvalue weighted by molar-refractivity contribution is 6.32. The minimum atomic E-state index is 0.576. The van der Waals surface area contributed by atoms with Crippen LogP contribution in [0.3, 0.4) is 0 Å². The quantitative estimate of drug-likeness (QED) is 0.809. The van der Waals surface area contributed by atoms with E-state index in [0.29, 0.717) is 17.7 Å². The summed E-state index contributed by atoms with van der Waals surface area (Å²) in [6.07, 6.45) is 6.27. The van der Waals surface area contributed by atoms with Gasteiger partial charge in [0, 0.05) is 11.7 Å². The zero-order valence-electron chi connectivity index (χ0n) is 11.9. The van der Waals surface area contributed by atoms with Crippen molar-refractivity contribution in [3.05, 3.63) is 23.2 Å². The van der Waals surface area contributed by atoms with Gasteiger partial charge in [0.1, 0.15) is 5.75 Å². The predicted molar refractivity (Wildman–Crippen MR) is 82.3 cm³/mol. The summed E-state index contributed by atoms with van der Waals surface area (Å²) in [6, 6.07) is 6.59. The van der Waals surface area contributed by atoms with Gasteiger partial charge in [-0.1, -0.05) is 38.3 Å². The van der Waals surface area contributed by atoms with E-state index in [4.69, 9.17) is 16.3 Å². The minimum Gasteiger partial charge on any atom is -0.492 e. The minimum absolute atomic E-state index is 0.576. The standard InChI is InChI=1S/C16H24ClNO/c1-3-10-19-16-9-8-13(11-14(16)17)18-15-7-5-4-6-12(15)2/h8-9,11-12,15,18H,3-7,10H2,1-2H3. The average molecular weight is 282 g/mol. The number of hydrogen-bond donors (Lipinski definition) is 1. The van der Waals surface area contributed by atoms with E-state index in [1.54, 1.807) is 0 Å². The first-order valence-corrected chi connectivity index (χ1v) is 7.77. The fraction of sp³-hybridized carbons (Fsp3) is 0.625. The normalized spacial score (nSPS) is 23.1. The molecule has 1 aliphatic rings. The topological polar surface area (TPSA) is 21.3 Å². The molecule has 1 aromatic carbocycles. The van der Waals surface area contributed by atoms with Crippen LogP contribution in [0.4, 0.5) is 5.69 Å². The largest absolute Gasteiger partial charge is 0.492 e. The second-order valence-electron chi connectivity index (χ2n) is 5.51. The number of halogens is 1. The van der Waals surface area contributed by atoms with Crippen molar-refractivity contribution in [3.8, 4) is 5.75 Å². The second-order valence-corrected chi connectivity index (χ2v) is 5.91. The van der Waals surface area contributed by atoms with Crippen LogP contribution in [0.15, 0.2) is 18.2 Å². The summed E-state index contributed by atoms with van der Waals surface area (Å²) in [5.41, 5.74) is 1.10. The zero-order chi connectivity index (χ0) is 13.7. The summed E-state index contributed by atoms with van der Waals surface area (Å²) in [7, 11) is 0. The Bertz CT molecular complexity index is 408. The smallest absolute Gasteiger partial charge is 0.138 e. The molecule has 0 heterocycles. The van der Waals surface area contributed by atoms with Crippen molar-refractivity contribution in [1.82, 2.24) is 0 Å². The molecule has 1 saturated carbocycles. The van der Waals surface area contributed by atoms with Crippen molar-refractivity contribution in [1.29, 1.82) is 0 Å². The molecule has 2 unspecified atom stereocenters. The van der Waals surface area contributed by atoms with Gasteiger partial charge >= 0.3 is 0 Å². The van der Waals surface area contributed by atoms with Crippen molar-refractivity contribution in [2.75, 3.05) is 11.9 Å². The number of benzene rings is 1. The van der Waals surface area contributed by atoms with Crippen LogP contribution in [0.1, 0.15) is 46.0 Å². The van der Waals surface area contributed by atoms with Crippen molar-refractivity contribution >= 4 is 17.3 Å². The Morgan fingerprint density at radius 1 is 1.32 bits per heavy atom. The van der Waals surface area contributed by atoms with Crippen LogP contribution >= 0.6 is 11.6 Å². The predicted octanol–water partition coefficient (Wildman–Crippen LogP) is 5.12. The van der Waals surface area contributed by atoms with Gasteiger partial charge in [-0.15, -0.1) is 0 Å². The van der Waals surface area contributed by atoms with Crippen LogP contribution in [0.2, 0.25) is 5.02 Å². The molecular formula is C16H24ClNO. The average Bonchev–Trinajstić information content (AvgIpc) is 2.40. The molecule has 0 aliphatic heterocycles. The molecule has 19 heavy (non-hydrogen) atoms. The molecule has 0 amide bonds. The maximum absolute atomic E-state index is 6.25. The van der Waals surface area contributed by atoms with Gasteiger partial charge in [0.15, 0.2) is 0 Å². The Kier molecular flexibility index (Phi) is 5.38. The lowest BCUT2D eigenvalue weighted by Crippen LogP contribution is -2.30. The third kappa shape index (κ3) is 4.04. The Balaban J connectivity index is 1.99. The van der Waals surface area contributed by atoms with Gasteiger partial charge in [-0.3, -0.25) is 0 Å². The van der Waals surface area contributed by atoms with Crippen LogP contribution < -0.4 is 10.1 Å². The van der Waals surface area contributed by atoms with E-state index in [0.717, 1.165) is 23.8 Å². The first-order valence-electron chi connectivity index (χ1n) is 7.39. The van der Waals surface area contributed by atoms with Crippen LogP contribution in [-0.2, 0) is 0 Å². The lowest BCUT2D eigenvalue weighted by molar-refractivity contribution is 0.317. The van der Waals surface area contributed by atoms with Gasteiger partial charge in [-0.25, -0.2) is 0 Å². The Hall–Kier alpha value is -0.890. The Morgan fingerprint density at radius 2 is 2.11 bits per heavy atom. The third-order valence-electron chi connectivity index (χ3n) is 3.86. The highest BCUT2D eigenvalue weighted by Gasteiger charge is 2.21.